The minimum Gasteiger partial charge on any atom is -0.492 e. The van der Waals surface area contributed by atoms with Gasteiger partial charge in [-0.1, -0.05) is 6.07 Å². The Kier molecular flexibility index (Phi) is 5.62. The summed E-state index contributed by atoms with van der Waals surface area (Å²) < 4.78 is 37.2. The number of amides is 1. The molecule has 8 heteroatoms. The maximum atomic E-state index is 12.8. The van der Waals surface area contributed by atoms with Gasteiger partial charge in [-0.15, -0.1) is 0 Å². The van der Waals surface area contributed by atoms with Crippen molar-refractivity contribution in [3.8, 4) is 11.5 Å². The molecule has 28 heavy (non-hydrogen) atoms. The highest BCUT2D eigenvalue weighted by Gasteiger charge is 2.23. The van der Waals surface area contributed by atoms with Gasteiger partial charge in [0.05, 0.1) is 17.2 Å². The van der Waals surface area contributed by atoms with Crippen LogP contribution in [0.3, 0.4) is 0 Å². The molecule has 2 aromatic rings. The zero-order valence-electron chi connectivity index (χ0n) is 16.4. The summed E-state index contributed by atoms with van der Waals surface area (Å²) in [7, 11) is -0.735. The molecule has 1 N–H and O–H groups in total. The lowest BCUT2D eigenvalue weighted by atomic mass is 10.1. The maximum absolute atomic E-state index is 12.8. The molecule has 0 saturated carbocycles. The van der Waals surface area contributed by atoms with Gasteiger partial charge in [0, 0.05) is 37.7 Å². The van der Waals surface area contributed by atoms with E-state index in [1.54, 1.807) is 18.2 Å². The van der Waals surface area contributed by atoms with Crippen LogP contribution in [0.15, 0.2) is 41.3 Å². The fraction of sp³-hybridized carbons (Fsp3) is 0.350. The predicted molar refractivity (Wildman–Crippen MR) is 107 cm³/mol. The van der Waals surface area contributed by atoms with Crippen molar-refractivity contribution >= 4 is 21.6 Å². The number of nitrogens with one attached hydrogen (secondary N) is 1. The van der Waals surface area contributed by atoms with Crippen molar-refractivity contribution in [2.45, 2.75) is 31.3 Å². The van der Waals surface area contributed by atoms with Crippen LogP contribution in [0.25, 0.3) is 0 Å². The number of fused-ring (bicyclic) bond motifs is 1. The van der Waals surface area contributed by atoms with E-state index in [4.69, 9.17) is 9.47 Å². The third kappa shape index (κ3) is 3.98. The third-order valence-electron chi connectivity index (χ3n) is 4.42. The first kappa shape index (κ1) is 20.2. The number of ether oxygens (including phenoxy) is 2. The lowest BCUT2D eigenvalue weighted by molar-refractivity contribution is 0.102. The quantitative estimate of drug-likeness (QED) is 0.800. The normalized spacial score (nSPS) is 15.8. The first-order valence-electron chi connectivity index (χ1n) is 9.02. The van der Waals surface area contributed by atoms with Crippen molar-refractivity contribution in [2.75, 3.05) is 26.0 Å². The van der Waals surface area contributed by atoms with Gasteiger partial charge in [-0.25, -0.2) is 12.7 Å². The predicted octanol–water partition coefficient (Wildman–Crippen LogP) is 2.91. The summed E-state index contributed by atoms with van der Waals surface area (Å²) in [6, 6.07) is 9.56. The number of carbonyl (C=O) groups excluding carboxylic acids is 1. The summed E-state index contributed by atoms with van der Waals surface area (Å²) in [5.74, 6) is 0.849. The number of carbonyl (C=O) groups is 1. The van der Waals surface area contributed by atoms with Crippen molar-refractivity contribution in [3.63, 3.8) is 0 Å². The molecule has 1 aliphatic heterocycles. The molecule has 7 nitrogen and oxygen atoms in total. The summed E-state index contributed by atoms with van der Waals surface area (Å²) in [6.07, 6.45) is 0.858. The monoisotopic (exact) mass is 404 g/mol. The molecule has 150 valence electrons. The van der Waals surface area contributed by atoms with Gasteiger partial charge >= 0.3 is 0 Å². The Balaban J connectivity index is 1.91. The van der Waals surface area contributed by atoms with Crippen LogP contribution in [0.1, 0.15) is 29.8 Å². The van der Waals surface area contributed by atoms with Gasteiger partial charge in [-0.2, -0.15) is 0 Å². The fourth-order valence-electron chi connectivity index (χ4n) is 3.02. The van der Waals surface area contributed by atoms with E-state index < -0.39 is 15.9 Å². The molecule has 2 aromatic carbocycles. The van der Waals surface area contributed by atoms with Gasteiger partial charge in [-0.3, -0.25) is 4.79 Å². The number of hydrogen-bond donors (Lipinski definition) is 1. The van der Waals surface area contributed by atoms with Crippen LogP contribution in [0.2, 0.25) is 0 Å². The minimum atomic E-state index is -3.63. The van der Waals surface area contributed by atoms with Crippen molar-refractivity contribution in [3.05, 3.63) is 47.5 Å². The number of nitrogens with zero attached hydrogens (tertiary/aromatic N) is 1. The van der Waals surface area contributed by atoms with Gasteiger partial charge in [0.15, 0.2) is 0 Å². The Bertz CT molecular complexity index is 1000. The van der Waals surface area contributed by atoms with Crippen molar-refractivity contribution in [1.82, 2.24) is 4.31 Å². The van der Waals surface area contributed by atoms with Gasteiger partial charge < -0.3 is 14.8 Å². The lowest BCUT2D eigenvalue weighted by Gasteiger charge is -2.15. The van der Waals surface area contributed by atoms with Gasteiger partial charge in [0.1, 0.15) is 17.6 Å². The van der Waals surface area contributed by atoms with E-state index in [9.17, 15) is 13.2 Å². The van der Waals surface area contributed by atoms with Gasteiger partial charge in [0.25, 0.3) is 5.91 Å². The molecular formula is C20H24N2O5S. The Morgan fingerprint density at radius 1 is 1.29 bits per heavy atom. The average molecular weight is 404 g/mol. The van der Waals surface area contributed by atoms with Crippen molar-refractivity contribution in [2.24, 2.45) is 0 Å². The largest absolute Gasteiger partial charge is 0.492 e. The first-order chi connectivity index (χ1) is 13.2. The van der Waals surface area contributed by atoms with Crippen molar-refractivity contribution in [1.29, 1.82) is 0 Å². The zero-order chi connectivity index (χ0) is 20.5. The van der Waals surface area contributed by atoms with Crippen LogP contribution in [0.4, 0.5) is 5.69 Å². The van der Waals surface area contributed by atoms with E-state index in [1.807, 2.05) is 19.9 Å². The molecule has 0 unspecified atom stereocenters. The van der Waals surface area contributed by atoms with Crippen LogP contribution in [0.5, 0.6) is 11.5 Å². The molecule has 1 heterocycles. The molecule has 0 fully saturated rings. The highest BCUT2D eigenvalue weighted by atomic mass is 32.2. The third-order valence-corrected chi connectivity index (χ3v) is 6.23. The highest BCUT2D eigenvalue weighted by molar-refractivity contribution is 7.89. The first-order valence-corrected chi connectivity index (χ1v) is 10.5. The Hall–Kier alpha value is -2.58. The molecule has 1 atom stereocenters. The summed E-state index contributed by atoms with van der Waals surface area (Å²) in [5.41, 5.74) is 1.76. The second-order valence-electron chi connectivity index (χ2n) is 6.79. The molecule has 0 bridgehead atoms. The van der Waals surface area contributed by atoms with E-state index in [0.717, 1.165) is 22.0 Å². The second-order valence-corrected chi connectivity index (χ2v) is 8.94. The van der Waals surface area contributed by atoms with E-state index in [2.05, 4.69) is 5.32 Å². The molecule has 0 aromatic heterocycles. The summed E-state index contributed by atoms with van der Waals surface area (Å²) in [5, 5.41) is 2.81. The second kappa shape index (κ2) is 7.81. The molecule has 0 radical (unpaired) electrons. The number of hydrogen-bond acceptors (Lipinski definition) is 5. The number of benzene rings is 2. The van der Waals surface area contributed by atoms with Crippen LogP contribution < -0.4 is 14.8 Å². The highest BCUT2D eigenvalue weighted by Crippen LogP contribution is 2.38. The average Bonchev–Trinajstić information content (AvgIpc) is 3.01. The van der Waals surface area contributed by atoms with Crippen molar-refractivity contribution < 1.29 is 22.7 Å². The molecule has 0 aliphatic carbocycles. The molecule has 3 rings (SSSR count). The van der Waals surface area contributed by atoms with E-state index in [0.29, 0.717) is 18.0 Å². The smallest absolute Gasteiger partial charge is 0.255 e. The summed E-state index contributed by atoms with van der Waals surface area (Å²) in [4.78, 5) is 12.8. The minimum absolute atomic E-state index is 0.0568. The van der Waals surface area contributed by atoms with E-state index in [-0.39, 0.29) is 16.6 Å². The summed E-state index contributed by atoms with van der Waals surface area (Å²) >= 11 is 0. The Morgan fingerprint density at radius 3 is 2.71 bits per heavy atom. The number of anilines is 1. The van der Waals surface area contributed by atoms with E-state index >= 15 is 0 Å². The molecule has 0 saturated heterocycles. The van der Waals surface area contributed by atoms with E-state index in [1.165, 1.54) is 26.2 Å². The molecular weight excluding hydrogens is 380 g/mol. The topological polar surface area (TPSA) is 84.9 Å². The Morgan fingerprint density at radius 2 is 2.04 bits per heavy atom. The van der Waals surface area contributed by atoms with Gasteiger partial charge in [-0.05, 0) is 38.1 Å². The zero-order valence-corrected chi connectivity index (χ0v) is 17.2. The van der Waals surface area contributed by atoms with Crippen LogP contribution in [-0.4, -0.2) is 45.4 Å². The van der Waals surface area contributed by atoms with Crippen LogP contribution in [0, 0.1) is 0 Å². The molecule has 1 aliphatic rings. The SMILES string of the molecule is CCOc1cc2c(cc1NC(=O)c1cccc(S(=O)(=O)N(C)C)c1)O[C@@H](C)C2. The Labute approximate surface area is 165 Å². The fourth-order valence-corrected chi connectivity index (χ4v) is 3.96. The summed E-state index contributed by atoms with van der Waals surface area (Å²) in [6.45, 7) is 4.30. The number of sulfonamides is 1. The van der Waals surface area contributed by atoms with Gasteiger partial charge in [0.2, 0.25) is 10.0 Å². The standard InChI is InChI=1S/C20H24N2O5S/c1-5-26-19-11-15-9-13(2)27-18(15)12-17(19)21-20(23)14-7-6-8-16(10-14)28(24,25)22(3)4/h6-8,10-13H,5,9H2,1-4H3,(H,21,23)/t13-/m0/s1. The maximum Gasteiger partial charge on any atom is 0.255 e. The molecule has 1 amide bonds. The lowest BCUT2D eigenvalue weighted by Crippen LogP contribution is -2.22. The number of rotatable bonds is 6. The van der Waals surface area contributed by atoms with Crippen LogP contribution in [-0.2, 0) is 16.4 Å². The van der Waals surface area contributed by atoms with Crippen LogP contribution >= 0.6 is 0 Å². The molecule has 0 spiro atoms.